The van der Waals surface area contributed by atoms with E-state index in [-0.39, 0.29) is 11.8 Å². The summed E-state index contributed by atoms with van der Waals surface area (Å²) in [6.45, 7) is 3.95. The van der Waals surface area contributed by atoms with Gasteiger partial charge in [0.05, 0.1) is 0 Å². The van der Waals surface area contributed by atoms with Gasteiger partial charge in [-0.2, -0.15) is 0 Å². The number of amides is 2. The van der Waals surface area contributed by atoms with Crippen LogP contribution >= 0.6 is 11.6 Å². The number of nitrogens with one attached hydrogen (secondary N) is 2. The first-order chi connectivity index (χ1) is 11.5. The summed E-state index contributed by atoms with van der Waals surface area (Å²) in [5, 5.41) is 6.13. The molecule has 0 saturated heterocycles. The van der Waals surface area contributed by atoms with E-state index in [0.717, 1.165) is 17.5 Å². The van der Waals surface area contributed by atoms with Crippen LogP contribution in [0, 0.1) is 6.92 Å². The van der Waals surface area contributed by atoms with Gasteiger partial charge in [-0.25, -0.2) is 4.79 Å². The Morgan fingerprint density at radius 2 is 1.62 bits per heavy atom. The normalized spacial score (nSPS) is 10.3. The highest BCUT2D eigenvalue weighted by Crippen LogP contribution is 2.18. The van der Waals surface area contributed by atoms with Crippen LogP contribution in [0.2, 0.25) is 5.02 Å². The molecule has 2 aromatic carbocycles. The fraction of sp³-hybridized carbons (Fsp3) is 0.263. The summed E-state index contributed by atoms with van der Waals surface area (Å²) in [5.41, 5.74) is 3.30. The average Bonchev–Trinajstić information content (AvgIpc) is 2.53. The number of hydrogen-bond donors (Lipinski definition) is 2. The fourth-order valence-electron chi connectivity index (χ4n) is 2.35. The van der Waals surface area contributed by atoms with Gasteiger partial charge in [-0.1, -0.05) is 24.6 Å². The van der Waals surface area contributed by atoms with Crippen molar-refractivity contribution in [3.8, 4) is 0 Å². The lowest BCUT2D eigenvalue weighted by molar-refractivity contribution is -0.118. The summed E-state index contributed by atoms with van der Waals surface area (Å²) in [5.74, 6) is 0.211. The molecule has 0 heterocycles. The minimum atomic E-state index is -0.341. The van der Waals surface area contributed by atoms with E-state index < -0.39 is 0 Å². The summed E-state index contributed by atoms with van der Waals surface area (Å²) in [6.07, 6.45) is 1.82. The zero-order chi connectivity index (χ0) is 17.5. The highest BCUT2D eigenvalue weighted by molar-refractivity contribution is 6.30. The van der Waals surface area contributed by atoms with Gasteiger partial charge in [-0.3, -0.25) is 4.79 Å². The molecule has 5 heteroatoms. The number of halogens is 1. The summed E-state index contributed by atoms with van der Waals surface area (Å²) >= 11 is 5.82. The van der Waals surface area contributed by atoms with Crippen molar-refractivity contribution in [3.63, 3.8) is 0 Å². The summed E-state index contributed by atoms with van der Waals surface area (Å²) < 4.78 is 0. The standard InChI is InChI=1S/C19H21ClN2O2/c1-3-4-18(23)12-14-11-17(8-5-13(14)2)22-19(24)21-16-9-6-15(20)7-10-16/h5-11H,3-4,12H2,1-2H3,(H2,21,22,24). The third-order valence-electron chi connectivity index (χ3n) is 3.63. The molecule has 0 fully saturated rings. The van der Waals surface area contributed by atoms with Crippen LogP contribution < -0.4 is 10.6 Å². The third-order valence-corrected chi connectivity index (χ3v) is 3.88. The van der Waals surface area contributed by atoms with Crippen LogP contribution in [-0.2, 0) is 11.2 Å². The molecule has 2 N–H and O–H groups in total. The van der Waals surface area contributed by atoms with E-state index in [9.17, 15) is 9.59 Å². The molecular formula is C19H21ClN2O2. The van der Waals surface area contributed by atoms with Crippen molar-refractivity contribution in [1.82, 2.24) is 0 Å². The molecule has 4 nitrogen and oxygen atoms in total. The smallest absolute Gasteiger partial charge is 0.308 e. The van der Waals surface area contributed by atoms with Crippen LogP contribution in [0.5, 0.6) is 0 Å². The van der Waals surface area contributed by atoms with Crippen LogP contribution in [0.1, 0.15) is 30.9 Å². The Labute approximate surface area is 147 Å². The van der Waals surface area contributed by atoms with Crippen molar-refractivity contribution in [1.29, 1.82) is 0 Å². The molecule has 2 aromatic rings. The van der Waals surface area contributed by atoms with Gasteiger partial charge in [0.1, 0.15) is 5.78 Å². The second-order valence-electron chi connectivity index (χ2n) is 5.69. The SMILES string of the molecule is CCCC(=O)Cc1cc(NC(=O)Nc2ccc(Cl)cc2)ccc1C. The third kappa shape index (κ3) is 5.39. The number of benzene rings is 2. The minimum Gasteiger partial charge on any atom is -0.308 e. The molecule has 0 radical (unpaired) electrons. The fourth-order valence-corrected chi connectivity index (χ4v) is 2.47. The Hall–Kier alpha value is -2.33. The molecule has 2 rings (SSSR count). The number of urea groups is 1. The molecule has 0 unspecified atom stereocenters. The molecule has 0 saturated carbocycles. The zero-order valence-electron chi connectivity index (χ0n) is 13.9. The topological polar surface area (TPSA) is 58.2 Å². The van der Waals surface area contributed by atoms with E-state index in [1.54, 1.807) is 24.3 Å². The Bertz CT molecular complexity index is 727. The van der Waals surface area contributed by atoms with Crippen molar-refractivity contribution < 1.29 is 9.59 Å². The molecule has 0 aromatic heterocycles. The van der Waals surface area contributed by atoms with Crippen LogP contribution in [0.3, 0.4) is 0 Å². The van der Waals surface area contributed by atoms with Gasteiger partial charge in [-0.15, -0.1) is 0 Å². The summed E-state index contributed by atoms with van der Waals surface area (Å²) in [6, 6.07) is 12.1. The zero-order valence-corrected chi connectivity index (χ0v) is 14.6. The molecular weight excluding hydrogens is 324 g/mol. The molecule has 0 spiro atoms. The van der Waals surface area contributed by atoms with Gasteiger partial charge >= 0.3 is 6.03 Å². The minimum absolute atomic E-state index is 0.211. The van der Waals surface area contributed by atoms with Crippen LogP contribution in [-0.4, -0.2) is 11.8 Å². The van der Waals surface area contributed by atoms with Crippen molar-refractivity contribution in [3.05, 3.63) is 58.6 Å². The molecule has 0 aliphatic carbocycles. The molecule has 0 bridgehead atoms. The highest BCUT2D eigenvalue weighted by Gasteiger charge is 2.08. The number of rotatable bonds is 6. The van der Waals surface area contributed by atoms with Crippen molar-refractivity contribution in [2.45, 2.75) is 33.1 Å². The first-order valence-corrected chi connectivity index (χ1v) is 8.30. The number of ketones is 1. The van der Waals surface area contributed by atoms with E-state index in [4.69, 9.17) is 11.6 Å². The lowest BCUT2D eigenvalue weighted by Gasteiger charge is -2.11. The van der Waals surface area contributed by atoms with Crippen LogP contribution in [0.15, 0.2) is 42.5 Å². The molecule has 126 valence electrons. The number of carbonyl (C=O) groups is 2. The average molecular weight is 345 g/mol. The molecule has 0 atom stereocenters. The molecule has 0 aliphatic heterocycles. The quantitative estimate of drug-likeness (QED) is 0.756. The first kappa shape index (κ1) is 18.0. The van der Waals surface area contributed by atoms with Gasteiger partial charge in [0.15, 0.2) is 0 Å². The van der Waals surface area contributed by atoms with Gasteiger partial charge in [0, 0.05) is 29.2 Å². The van der Waals surface area contributed by atoms with E-state index in [1.165, 1.54) is 0 Å². The van der Waals surface area contributed by atoms with Crippen molar-refractivity contribution in [2.24, 2.45) is 0 Å². The summed E-state index contributed by atoms with van der Waals surface area (Å²) in [4.78, 5) is 23.9. The molecule has 0 aliphatic rings. The van der Waals surface area contributed by atoms with Crippen molar-refractivity contribution >= 4 is 34.8 Å². The van der Waals surface area contributed by atoms with Gasteiger partial charge in [0.2, 0.25) is 0 Å². The maximum absolute atomic E-state index is 12.1. The molecule has 24 heavy (non-hydrogen) atoms. The lowest BCUT2D eigenvalue weighted by Crippen LogP contribution is -2.19. The van der Waals surface area contributed by atoms with E-state index in [2.05, 4.69) is 10.6 Å². The number of Topliss-reactive ketones (excluding diaryl/α,β-unsaturated/α-hetero) is 1. The van der Waals surface area contributed by atoms with Crippen LogP contribution in [0.4, 0.5) is 16.2 Å². The Balaban J connectivity index is 2.02. The second-order valence-corrected chi connectivity index (χ2v) is 6.13. The Morgan fingerprint density at radius 3 is 2.29 bits per heavy atom. The first-order valence-electron chi connectivity index (χ1n) is 7.92. The Kier molecular flexibility index (Phi) is 6.38. The monoisotopic (exact) mass is 344 g/mol. The number of carbonyl (C=O) groups excluding carboxylic acids is 2. The number of hydrogen-bond acceptors (Lipinski definition) is 2. The predicted molar refractivity (Wildman–Crippen MR) is 98.9 cm³/mol. The molecule has 2 amide bonds. The maximum Gasteiger partial charge on any atom is 0.323 e. The second kappa shape index (κ2) is 8.50. The Morgan fingerprint density at radius 1 is 1.00 bits per heavy atom. The van der Waals surface area contributed by atoms with Gasteiger partial charge in [-0.05, 0) is 60.9 Å². The summed E-state index contributed by atoms with van der Waals surface area (Å²) in [7, 11) is 0. The van der Waals surface area contributed by atoms with Crippen molar-refractivity contribution in [2.75, 3.05) is 10.6 Å². The maximum atomic E-state index is 12.1. The van der Waals surface area contributed by atoms with E-state index in [1.807, 2.05) is 32.0 Å². The van der Waals surface area contributed by atoms with Gasteiger partial charge < -0.3 is 10.6 Å². The van der Waals surface area contributed by atoms with E-state index >= 15 is 0 Å². The number of anilines is 2. The number of aryl methyl sites for hydroxylation is 1. The van der Waals surface area contributed by atoms with Crippen LogP contribution in [0.25, 0.3) is 0 Å². The predicted octanol–water partition coefficient (Wildman–Crippen LogP) is 5.20. The van der Waals surface area contributed by atoms with Gasteiger partial charge in [0.25, 0.3) is 0 Å². The van der Waals surface area contributed by atoms with E-state index in [0.29, 0.717) is 29.2 Å². The highest BCUT2D eigenvalue weighted by atomic mass is 35.5. The lowest BCUT2D eigenvalue weighted by atomic mass is 10.0. The largest absolute Gasteiger partial charge is 0.323 e.